The summed E-state index contributed by atoms with van der Waals surface area (Å²) in [5.74, 6) is -4.41. The largest absolute Gasteiger partial charge is 0.481 e. The Morgan fingerprint density at radius 3 is 1.03 bits per heavy atom. The first-order chi connectivity index (χ1) is 16.5. The number of nitrogens with zero attached hydrogens (tertiary/aromatic N) is 3. The normalized spacial score (nSPS) is 16.0. The Labute approximate surface area is 204 Å². The second-order valence-corrected chi connectivity index (χ2v) is 6.69. The fraction of sp³-hybridized carbons (Fsp3) is 0.526. The van der Waals surface area contributed by atoms with E-state index in [1.54, 1.807) is 7.05 Å². The number of carboxylic acids is 1. The minimum Gasteiger partial charge on any atom is -0.481 e. The fourth-order valence-electron chi connectivity index (χ4n) is 1.92. The van der Waals surface area contributed by atoms with Crippen LogP contribution in [0.1, 0.15) is 59.3 Å². The zero-order valence-electron chi connectivity index (χ0n) is 20.0. The molecule has 36 heavy (non-hydrogen) atoms. The molecule has 17 nitrogen and oxygen atoms in total. The van der Waals surface area contributed by atoms with Crippen molar-refractivity contribution in [3.63, 3.8) is 0 Å². The number of carbonyl (C=O) groups excluding carboxylic acids is 8. The predicted octanol–water partition coefficient (Wildman–Crippen LogP) is -1.49. The molecule has 0 saturated carbocycles. The molecular weight excluding hydrogens is 492 g/mol. The number of hydrogen-bond donors (Lipinski definition) is 4. The van der Waals surface area contributed by atoms with Crippen LogP contribution < -0.4 is 5.32 Å². The maximum atomic E-state index is 10.7. The van der Waals surface area contributed by atoms with Gasteiger partial charge in [-0.25, -0.2) is 4.79 Å². The molecule has 7 amide bonds. The highest BCUT2D eigenvalue weighted by Crippen LogP contribution is 2.11. The molecule has 0 unspecified atom stereocenters. The van der Waals surface area contributed by atoms with Crippen LogP contribution in [-0.4, -0.2) is 91.0 Å². The lowest BCUT2D eigenvalue weighted by atomic mass is 10.4. The number of hydroxylamine groups is 6. The average molecular weight is 520 g/mol. The van der Waals surface area contributed by atoms with E-state index < -0.39 is 47.4 Å². The topological polar surface area (TPSA) is 245 Å². The average Bonchev–Trinajstić information content (AvgIpc) is 3.37. The summed E-state index contributed by atoms with van der Waals surface area (Å²) in [4.78, 5) is 95.8. The van der Waals surface area contributed by atoms with Crippen molar-refractivity contribution in [3.05, 3.63) is 0 Å². The molecule has 3 heterocycles. The molecule has 3 rings (SSSR count). The number of hydrogen-bond acceptors (Lipinski definition) is 12. The van der Waals surface area contributed by atoms with Gasteiger partial charge in [0.15, 0.2) is 0 Å². The summed E-state index contributed by atoms with van der Waals surface area (Å²) in [7, 11) is 1.60. The van der Waals surface area contributed by atoms with Crippen molar-refractivity contribution in [1.29, 1.82) is 0 Å². The lowest BCUT2D eigenvalue weighted by molar-refractivity contribution is -0.195. The van der Waals surface area contributed by atoms with E-state index in [0.29, 0.717) is 5.06 Å². The smallest absolute Gasteiger partial charge is 0.330 e. The van der Waals surface area contributed by atoms with E-state index in [1.165, 1.54) is 6.92 Å². The number of carboxylic acid groups (broad SMARTS) is 1. The first-order valence-corrected chi connectivity index (χ1v) is 10.1. The van der Waals surface area contributed by atoms with Crippen LogP contribution in [0.5, 0.6) is 0 Å². The van der Waals surface area contributed by atoms with E-state index in [4.69, 9.17) is 20.3 Å². The summed E-state index contributed by atoms with van der Waals surface area (Å²) >= 11 is 0. The predicted molar refractivity (Wildman–Crippen MR) is 112 cm³/mol. The molecule has 0 aliphatic carbocycles. The molecule has 0 aromatic heterocycles. The number of aliphatic carboxylic acids is 1. The molecule has 4 N–H and O–H groups in total. The molecule has 202 valence electrons. The maximum Gasteiger partial charge on any atom is 0.330 e. The van der Waals surface area contributed by atoms with Gasteiger partial charge in [-0.3, -0.25) is 48.8 Å². The number of amides is 7. The molecule has 0 aromatic carbocycles. The highest BCUT2D eigenvalue weighted by molar-refractivity contribution is 6.02. The van der Waals surface area contributed by atoms with Crippen LogP contribution in [0, 0.1) is 0 Å². The van der Waals surface area contributed by atoms with Crippen LogP contribution in [0.4, 0.5) is 0 Å². The highest BCUT2D eigenvalue weighted by atomic mass is 16.7. The van der Waals surface area contributed by atoms with Crippen LogP contribution in [-0.2, 0) is 48.0 Å². The zero-order chi connectivity index (χ0) is 28.6. The summed E-state index contributed by atoms with van der Waals surface area (Å²) in [5, 5.41) is 27.5. The standard InChI is InChI=1S/C6H7NO4.2C4H5NO3.C3H7NO.C2H4O2/c1-4(8)11-7-5(9)2-3-6(7)10;2*6-3-1-2-4(7)5(3)8;1-3(5)4-2;1-2(3)4/h2-3H2,1H3;2*8H,1-2H2;1-2H3,(H,4,5);1H3,(H,3,4). The second kappa shape index (κ2) is 17.2. The van der Waals surface area contributed by atoms with E-state index in [9.17, 15) is 38.4 Å². The fourth-order valence-corrected chi connectivity index (χ4v) is 1.92. The van der Waals surface area contributed by atoms with E-state index in [1.807, 2.05) is 0 Å². The molecule has 17 heteroatoms. The van der Waals surface area contributed by atoms with Gasteiger partial charge in [-0.1, -0.05) is 0 Å². The molecule has 0 radical (unpaired) electrons. The van der Waals surface area contributed by atoms with Gasteiger partial charge in [-0.2, -0.15) is 10.1 Å². The van der Waals surface area contributed by atoms with Crippen molar-refractivity contribution in [2.75, 3.05) is 7.05 Å². The van der Waals surface area contributed by atoms with Gasteiger partial charge in [0.05, 0.1) is 0 Å². The first kappa shape index (κ1) is 33.9. The summed E-state index contributed by atoms with van der Waals surface area (Å²) < 4.78 is 0. The molecule has 0 aromatic rings. The van der Waals surface area contributed by atoms with Gasteiger partial charge in [-0.05, 0) is 0 Å². The highest BCUT2D eigenvalue weighted by Gasteiger charge is 2.32. The Bertz CT molecular complexity index is 801. The van der Waals surface area contributed by atoms with Crippen LogP contribution in [0.15, 0.2) is 0 Å². The number of nitrogens with one attached hydrogen (secondary N) is 1. The van der Waals surface area contributed by atoms with Gasteiger partial charge in [-0.15, -0.1) is 5.06 Å². The molecule has 0 spiro atoms. The number of imide groups is 3. The molecule has 3 aliphatic heterocycles. The Balaban J connectivity index is 0. The summed E-state index contributed by atoms with van der Waals surface area (Å²) in [6, 6.07) is 0. The van der Waals surface area contributed by atoms with Crippen LogP contribution in [0.3, 0.4) is 0 Å². The lowest BCUT2D eigenvalue weighted by Gasteiger charge is -2.09. The lowest BCUT2D eigenvalue weighted by Crippen LogP contribution is -2.30. The number of carbonyl (C=O) groups is 9. The van der Waals surface area contributed by atoms with E-state index in [-0.39, 0.29) is 54.6 Å². The maximum absolute atomic E-state index is 10.7. The van der Waals surface area contributed by atoms with Gasteiger partial charge in [0.2, 0.25) is 5.91 Å². The quantitative estimate of drug-likeness (QED) is 0.227. The van der Waals surface area contributed by atoms with Crippen molar-refractivity contribution in [2.45, 2.75) is 59.3 Å². The first-order valence-electron chi connectivity index (χ1n) is 10.1. The summed E-state index contributed by atoms with van der Waals surface area (Å²) in [6.45, 7) is 3.69. The Kier molecular flexibility index (Phi) is 16.2. The van der Waals surface area contributed by atoms with Crippen LogP contribution in [0.25, 0.3) is 0 Å². The van der Waals surface area contributed by atoms with Gasteiger partial charge in [0.1, 0.15) is 0 Å². The summed E-state index contributed by atoms with van der Waals surface area (Å²) in [6.07, 6.45) is 0.855. The van der Waals surface area contributed by atoms with E-state index in [2.05, 4.69) is 10.2 Å². The SMILES string of the molecule is CC(=O)O.CC(=O)ON1C(=O)CCC1=O.CNC(C)=O.O=C1CCC(=O)N1O.O=C1CCC(=O)N1O. The molecular formula is C19H28N4O13. The van der Waals surface area contributed by atoms with Crippen molar-refractivity contribution >= 4 is 53.3 Å². The van der Waals surface area contributed by atoms with Gasteiger partial charge >= 0.3 is 5.97 Å². The van der Waals surface area contributed by atoms with Gasteiger partial charge < -0.3 is 15.3 Å². The third kappa shape index (κ3) is 14.8. The van der Waals surface area contributed by atoms with Gasteiger partial charge in [0, 0.05) is 66.3 Å². The molecule has 3 aliphatic rings. The number of rotatable bonds is 1. The Morgan fingerprint density at radius 1 is 0.667 bits per heavy atom. The van der Waals surface area contributed by atoms with Crippen LogP contribution in [0.2, 0.25) is 0 Å². The van der Waals surface area contributed by atoms with Crippen molar-refractivity contribution < 1.29 is 63.5 Å². The molecule has 0 bridgehead atoms. The van der Waals surface area contributed by atoms with Crippen molar-refractivity contribution in [1.82, 2.24) is 20.5 Å². The Hall–Kier alpha value is -4.25. The Morgan fingerprint density at radius 2 is 0.889 bits per heavy atom. The van der Waals surface area contributed by atoms with Gasteiger partial charge in [0.25, 0.3) is 41.4 Å². The van der Waals surface area contributed by atoms with E-state index >= 15 is 0 Å². The minimum atomic E-state index is -0.833. The van der Waals surface area contributed by atoms with Crippen LogP contribution >= 0.6 is 0 Å². The van der Waals surface area contributed by atoms with E-state index in [0.717, 1.165) is 13.8 Å². The van der Waals surface area contributed by atoms with Crippen molar-refractivity contribution in [3.8, 4) is 0 Å². The van der Waals surface area contributed by atoms with Crippen molar-refractivity contribution in [2.24, 2.45) is 0 Å². The summed E-state index contributed by atoms with van der Waals surface area (Å²) in [5.41, 5.74) is 0. The molecule has 0 atom stereocenters. The molecule has 3 saturated heterocycles. The molecule has 3 fully saturated rings. The third-order valence-electron chi connectivity index (χ3n) is 3.63. The minimum absolute atomic E-state index is 0.00463. The third-order valence-corrected chi connectivity index (χ3v) is 3.63. The second-order valence-electron chi connectivity index (χ2n) is 6.69. The monoisotopic (exact) mass is 520 g/mol. The zero-order valence-corrected chi connectivity index (χ0v) is 20.0.